The first-order chi connectivity index (χ1) is 10.1. The Kier molecular flexibility index (Phi) is 3.82. The highest BCUT2D eigenvalue weighted by atomic mass is 79.9. The van der Waals surface area contributed by atoms with Gasteiger partial charge in [0.25, 0.3) is 0 Å². The predicted molar refractivity (Wildman–Crippen MR) is 83.0 cm³/mol. The van der Waals surface area contributed by atoms with Gasteiger partial charge in [0, 0.05) is 17.8 Å². The van der Waals surface area contributed by atoms with E-state index in [2.05, 4.69) is 26.0 Å². The normalized spacial score (nSPS) is 13.2. The van der Waals surface area contributed by atoms with Gasteiger partial charge in [-0.1, -0.05) is 12.1 Å². The van der Waals surface area contributed by atoms with Crippen molar-refractivity contribution in [3.05, 3.63) is 46.7 Å². The molecular weight excluding hydrogens is 334 g/mol. The molecule has 1 aromatic carbocycles. The first kappa shape index (κ1) is 14.3. The molecule has 3 rings (SSSR count). The minimum Gasteiger partial charge on any atom is -0.457 e. The molecular formula is C15H16BrN3O2. The lowest BCUT2D eigenvalue weighted by atomic mass is 10.1. The van der Waals surface area contributed by atoms with Gasteiger partial charge in [-0.15, -0.1) is 0 Å². The average Bonchev–Trinajstić information content (AvgIpc) is 3.05. The van der Waals surface area contributed by atoms with E-state index in [1.807, 2.05) is 42.8 Å². The number of para-hydroxylation sites is 1. The van der Waals surface area contributed by atoms with Crippen LogP contribution in [-0.4, -0.2) is 19.9 Å². The van der Waals surface area contributed by atoms with Crippen LogP contribution >= 0.6 is 15.9 Å². The van der Waals surface area contributed by atoms with Crippen LogP contribution in [0.1, 0.15) is 37.6 Å². The predicted octanol–water partition coefficient (Wildman–Crippen LogP) is 3.64. The summed E-state index contributed by atoms with van der Waals surface area (Å²) in [6.45, 7) is 4.06. The van der Waals surface area contributed by atoms with Gasteiger partial charge in [-0.25, -0.2) is 9.67 Å². The summed E-state index contributed by atoms with van der Waals surface area (Å²) in [5, 5.41) is 15.5. The Morgan fingerprint density at radius 3 is 2.90 bits per heavy atom. The molecule has 2 heterocycles. The molecule has 0 saturated heterocycles. The smallest absolute Gasteiger partial charge is 0.148 e. The molecule has 21 heavy (non-hydrogen) atoms. The third-order valence-electron chi connectivity index (χ3n) is 3.36. The number of halogens is 1. The van der Waals surface area contributed by atoms with Crippen LogP contribution in [0.15, 0.2) is 39.5 Å². The first-order valence-corrected chi connectivity index (χ1v) is 7.60. The fourth-order valence-corrected chi connectivity index (χ4v) is 2.80. The molecule has 1 unspecified atom stereocenters. The quantitative estimate of drug-likeness (QED) is 0.780. The largest absolute Gasteiger partial charge is 0.457 e. The van der Waals surface area contributed by atoms with E-state index in [1.165, 1.54) is 6.33 Å². The molecule has 0 aliphatic rings. The molecule has 0 amide bonds. The molecule has 2 aromatic heterocycles. The molecule has 0 radical (unpaired) electrons. The highest BCUT2D eigenvalue weighted by Gasteiger charge is 2.18. The Morgan fingerprint density at radius 1 is 1.38 bits per heavy atom. The number of rotatable bonds is 4. The molecule has 5 nitrogen and oxygen atoms in total. The van der Waals surface area contributed by atoms with E-state index >= 15 is 0 Å². The van der Waals surface area contributed by atoms with Crippen molar-refractivity contribution in [3.63, 3.8) is 0 Å². The Labute approximate surface area is 130 Å². The van der Waals surface area contributed by atoms with Crippen molar-refractivity contribution in [2.24, 2.45) is 0 Å². The van der Waals surface area contributed by atoms with Crippen LogP contribution in [-0.2, 0) is 6.42 Å². The molecule has 0 bridgehead atoms. The summed E-state index contributed by atoms with van der Waals surface area (Å²) in [7, 11) is 0. The van der Waals surface area contributed by atoms with Crippen LogP contribution in [0, 0.1) is 0 Å². The van der Waals surface area contributed by atoms with Crippen LogP contribution in [0.2, 0.25) is 0 Å². The average molecular weight is 350 g/mol. The molecule has 0 fully saturated rings. The Hall–Kier alpha value is -1.66. The van der Waals surface area contributed by atoms with Crippen LogP contribution < -0.4 is 0 Å². The number of aromatic nitrogens is 3. The van der Waals surface area contributed by atoms with Crippen molar-refractivity contribution in [3.8, 4) is 0 Å². The van der Waals surface area contributed by atoms with Gasteiger partial charge < -0.3 is 9.52 Å². The summed E-state index contributed by atoms with van der Waals surface area (Å²) in [6, 6.07) is 7.88. The van der Waals surface area contributed by atoms with Crippen LogP contribution in [0.25, 0.3) is 11.0 Å². The molecule has 110 valence electrons. The zero-order chi connectivity index (χ0) is 15.0. The fraction of sp³-hybridized carbons (Fsp3) is 0.333. The van der Waals surface area contributed by atoms with E-state index in [1.54, 1.807) is 0 Å². The van der Waals surface area contributed by atoms with Crippen molar-refractivity contribution >= 4 is 26.9 Å². The summed E-state index contributed by atoms with van der Waals surface area (Å²) >= 11 is 3.45. The van der Waals surface area contributed by atoms with Gasteiger partial charge in [0.15, 0.2) is 0 Å². The molecule has 0 aliphatic carbocycles. The second-order valence-electron chi connectivity index (χ2n) is 5.24. The molecule has 0 aliphatic heterocycles. The Balaban J connectivity index is 1.88. The Bertz CT molecular complexity index is 763. The van der Waals surface area contributed by atoms with Gasteiger partial charge in [0.2, 0.25) is 0 Å². The standard InChI is InChI=1S/C15H16BrN3O2/c1-9(2)19-14(17-8-18-19)7-12(20)13-6-10-4-3-5-11(16)15(10)21-13/h3-6,8-9,12,20H,7H2,1-2H3. The van der Waals surface area contributed by atoms with Gasteiger partial charge in [-0.2, -0.15) is 5.10 Å². The summed E-state index contributed by atoms with van der Waals surface area (Å²) in [5.74, 6) is 1.28. The molecule has 1 atom stereocenters. The minimum absolute atomic E-state index is 0.208. The Morgan fingerprint density at radius 2 is 2.19 bits per heavy atom. The number of hydrogen-bond acceptors (Lipinski definition) is 4. The highest BCUT2D eigenvalue weighted by Crippen LogP contribution is 2.30. The highest BCUT2D eigenvalue weighted by molar-refractivity contribution is 9.10. The van der Waals surface area contributed by atoms with Gasteiger partial charge >= 0.3 is 0 Å². The lowest BCUT2D eigenvalue weighted by Crippen LogP contribution is -2.11. The first-order valence-electron chi connectivity index (χ1n) is 6.80. The number of furan rings is 1. The van der Waals surface area contributed by atoms with Crippen molar-refractivity contribution in [2.45, 2.75) is 32.4 Å². The molecule has 0 spiro atoms. The number of hydrogen-bond donors (Lipinski definition) is 1. The second-order valence-corrected chi connectivity index (χ2v) is 6.10. The second kappa shape index (κ2) is 5.61. The molecule has 0 saturated carbocycles. The van der Waals surface area contributed by atoms with Crippen molar-refractivity contribution < 1.29 is 9.52 Å². The maximum atomic E-state index is 10.4. The van der Waals surface area contributed by atoms with Crippen molar-refractivity contribution in [2.75, 3.05) is 0 Å². The molecule has 6 heteroatoms. The zero-order valence-electron chi connectivity index (χ0n) is 11.8. The topological polar surface area (TPSA) is 64.1 Å². The van der Waals surface area contributed by atoms with Gasteiger partial charge in [-0.05, 0) is 41.9 Å². The van der Waals surface area contributed by atoms with E-state index in [-0.39, 0.29) is 6.04 Å². The van der Waals surface area contributed by atoms with Gasteiger partial charge in [0.1, 0.15) is 29.6 Å². The van der Waals surface area contributed by atoms with E-state index in [4.69, 9.17) is 4.42 Å². The summed E-state index contributed by atoms with van der Waals surface area (Å²) in [4.78, 5) is 4.22. The fourth-order valence-electron chi connectivity index (χ4n) is 2.34. The lowest BCUT2D eigenvalue weighted by molar-refractivity contribution is 0.148. The number of fused-ring (bicyclic) bond motifs is 1. The third-order valence-corrected chi connectivity index (χ3v) is 3.98. The maximum absolute atomic E-state index is 10.4. The van der Waals surface area contributed by atoms with Crippen molar-refractivity contribution in [1.82, 2.24) is 14.8 Å². The minimum atomic E-state index is -0.744. The van der Waals surface area contributed by atoms with E-state index in [0.29, 0.717) is 12.2 Å². The van der Waals surface area contributed by atoms with Crippen LogP contribution in [0.4, 0.5) is 0 Å². The number of benzene rings is 1. The summed E-state index contributed by atoms with van der Waals surface area (Å²) in [6.07, 6.45) is 1.14. The molecule has 1 N–H and O–H groups in total. The third kappa shape index (κ3) is 2.73. The number of nitrogens with zero attached hydrogens (tertiary/aromatic N) is 3. The van der Waals surface area contributed by atoms with Crippen molar-refractivity contribution in [1.29, 1.82) is 0 Å². The lowest BCUT2D eigenvalue weighted by Gasteiger charge is -2.11. The van der Waals surface area contributed by atoms with E-state index in [0.717, 1.165) is 21.3 Å². The van der Waals surface area contributed by atoms with Crippen LogP contribution in [0.3, 0.4) is 0 Å². The van der Waals surface area contributed by atoms with E-state index < -0.39 is 6.10 Å². The zero-order valence-corrected chi connectivity index (χ0v) is 13.4. The summed E-state index contributed by atoms with van der Waals surface area (Å²) < 4.78 is 8.44. The van der Waals surface area contributed by atoms with Crippen LogP contribution in [0.5, 0.6) is 0 Å². The van der Waals surface area contributed by atoms with E-state index in [9.17, 15) is 5.11 Å². The monoisotopic (exact) mass is 349 g/mol. The van der Waals surface area contributed by atoms with Gasteiger partial charge in [0.05, 0.1) is 4.47 Å². The molecule has 3 aromatic rings. The number of aliphatic hydroxyl groups is 1. The number of aliphatic hydroxyl groups excluding tert-OH is 1. The SMILES string of the molecule is CC(C)n1ncnc1CC(O)c1cc2cccc(Br)c2o1. The van der Waals surface area contributed by atoms with Gasteiger partial charge in [-0.3, -0.25) is 0 Å². The maximum Gasteiger partial charge on any atom is 0.148 e. The summed E-state index contributed by atoms with van der Waals surface area (Å²) in [5.41, 5.74) is 0.747.